The van der Waals surface area contributed by atoms with Crippen LogP contribution >= 0.6 is 0 Å². The minimum Gasteiger partial charge on any atom is -0.508 e. The van der Waals surface area contributed by atoms with E-state index in [0.29, 0.717) is 11.3 Å². The highest BCUT2D eigenvalue weighted by atomic mass is 16.4. The SMILES string of the molecule is NC(=O)CCC(N)C(=O)NC(Cc1ccc(O)cc1)C(=O)NC(Cc1cnc[nH]1)C(=O)NC(CO)C(=O)O. The first-order valence-corrected chi connectivity index (χ1v) is 11.5. The van der Waals surface area contributed by atoms with E-state index in [2.05, 4.69) is 25.9 Å². The zero-order valence-corrected chi connectivity index (χ0v) is 20.3. The van der Waals surface area contributed by atoms with Crippen molar-refractivity contribution >= 4 is 29.6 Å². The number of aliphatic carboxylic acids is 1. The number of aromatic nitrogens is 2. The third-order valence-corrected chi connectivity index (χ3v) is 5.46. The average molecular weight is 534 g/mol. The molecular weight excluding hydrogens is 502 g/mol. The summed E-state index contributed by atoms with van der Waals surface area (Å²) < 4.78 is 0. The second-order valence-electron chi connectivity index (χ2n) is 8.47. The summed E-state index contributed by atoms with van der Waals surface area (Å²) in [5.41, 5.74) is 11.9. The quantitative estimate of drug-likeness (QED) is 0.112. The van der Waals surface area contributed by atoms with Crippen LogP contribution in [-0.2, 0) is 36.8 Å². The second-order valence-corrected chi connectivity index (χ2v) is 8.47. The Morgan fingerprint density at radius 2 is 1.50 bits per heavy atom. The van der Waals surface area contributed by atoms with Crippen LogP contribution in [0.5, 0.6) is 5.75 Å². The summed E-state index contributed by atoms with van der Waals surface area (Å²) in [6, 6.07) is 0.503. The molecule has 4 amide bonds. The number of aliphatic hydroxyl groups is 1. The highest BCUT2D eigenvalue weighted by molar-refractivity contribution is 5.94. The number of carboxylic acid groups (broad SMARTS) is 1. The summed E-state index contributed by atoms with van der Waals surface area (Å²) in [6.45, 7) is -0.880. The molecule has 15 nitrogen and oxygen atoms in total. The van der Waals surface area contributed by atoms with Crippen molar-refractivity contribution in [1.82, 2.24) is 25.9 Å². The van der Waals surface area contributed by atoms with Crippen molar-refractivity contribution in [2.75, 3.05) is 6.61 Å². The van der Waals surface area contributed by atoms with Gasteiger partial charge in [-0.25, -0.2) is 9.78 Å². The molecule has 11 N–H and O–H groups in total. The van der Waals surface area contributed by atoms with Crippen molar-refractivity contribution in [1.29, 1.82) is 0 Å². The van der Waals surface area contributed by atoms with Crippen LogP contribution in [0.1, 0.15) is 24.1 Å². The van der Waals surface area contributed by atoms with E-state index >= 15 is 0 Å². The third kappa shape index (κ3) is 9.51. The van der Waals surface area contributed by atoms with Crippen LogP contribution in [0.3, 0.4) is 0 Å². The lowest BCUT2D eigenvalue weighted by Gasteiger charge is -2.25. The number of amides is 4. The highest BCUT2D eigenvalue weighted by Crippen LogP contribution is 2.12. The van der Waals surface area contributed by atoms with Crippen LogP contribution in [0, 0.1) is 0 Å². The van der Waals surface area contributed by atoms with Crippen LogP contribution in [0.4, 0.5) is 0 Å². The maximum absolute atomic E-state index is 13.3. The van der Waals surface area contributed by atoms with Crippen molar-refractivity contribution < 1.29 is 39.3 Å². The summed E-state index contributed by atoms with van der Waals surface area (Å²) in [5.74, 6) is -4.59. The summed E-state index contributed by atoms with van der Waals surface area (Å²) in [7, 11) is 0. The number of aromatic amines is 1. The van der Waals surface area contributed by atoms with Crippen molar-refractivity contribution in [3.8, 4) is 5.75 Å². The number of H-pyrrole nitrogens is 1. The minimum absolute atomic E-state index is 0.0135. The van der Waals surface area contributed by atoms with E-state index in [4.69, 9.17) is 16.6 Å². The van der Waals surface area contributed by atoms with E-state index in [0.717, 1.165) is 0 Å². The van der Waals surface area contributed by atoms with Gasteiger partial charge in [0.2, 0.25) is 23.6 Å². The summed E-state index contributed by atoms with van der Waals surface area (Å²) >= 11 is 0. The Morgan fingerprint density at radius 3 is 2.03 bits per heavy atom. The molecule has 0 aliphatic rings. The third-order valence-electron chi connectivity index (χ3n) is 5.46. The van der Waals surface area contributed by atoms with Gasteiger partial charge in [-0.2, -0.15) is 0 Å². The van der Waals surface area contributed by atoms with Gasteiger partial charge in [0.05, 0.1) is 19.0 Å². The number of aliphatic hydroxyl groups excluding tert-OH is 1. The number of benzene rings is 1. The lowest BCUT2D eigenvalue weighted by Crippen LogP contribution is -2.58. The fourth-order valence-electron chi connectivity index (χ4n) is 3.34. The number of carbonyl (C=O) groups excluding carboxylic acids is 4. The lowest BCUT2D eigenvalue weighted by molar-refractivity contribution is -0.143. The number of aromatic hydroxyl groups is 1. The largest absolute Gasteiger partial charge is 0.508 e. The van der Waals surface area contributed by atoms with Crippen LogP contribution in [0.2, 0.25) is 0 Å². The maximum Gasteiger partial charge on any atom is 0.328 e. The smallest absolute Gasteiger partial charge is 0.328 e. The zero-order chi connectivity index (χ0) is 28.2. The number of carbonyl (C=O) groups is 5. The predicted molar refractivity (Wildman–Crippen MR) is 131 cm³/mol. The van der Waals surface area contributed by atoms with Crippen LogP contribution in [0.25, 0.3) is 0 Å². The molecule has 2 rings (SSSR count). The van der Waals surface area contributed by atoms with Gasteiger partial charge in [-0.05, 0) is 24.1 Å². The van der Waals surface area contributed by atoms with Gasteiger partial charge in [0.25, 0.3) is 0 Å². The maximum atomic E-state index is 13.3. The van der Waals surface area contributed by atoms with Gasteiger partial charge in [0, 0.05) is 31.2 Å². The monoisotopic (exact) mass is 533 g/mol. The molecule has 38 heavy (non-hydrogen) atoms. The predicted octanol–water partition coefficient (Wildman–Crippen LogP) is -2.98. The number of phenols is 1. The van der Waals surface area contributed by atoms with Gasteiger partial charge in [-0.3, -0.25) is 19.2 Å². The standard InChI is InChI=1S/C23H31N7O8/c24-15(5-6-19(25)33)20(34)28-16(7-12-1-3-14(32)4-2-12)21(35)29-17(8-13-9-26-11-27-13)22(36)30-18(10-31)23(37)38/h1-4,9,11,15-18,31-32H,5-8,10,24H2,(H2,25,33)(H,26,27)(H,28,34)(H,29,35)(H,30,36)(H,37,38). The topological polar surface area (TPSA) is 263 Å². The van der Waals surface area contributed by atoms with Gasteiger partial charge in [-0.15, -0.1) is 0 Å². The molecule has 4 atom stereocenters. The molecule has 0 spiro atoms. The lowest BCUT2D eigenvalue weighted by atomic mass is 10.0. The highest BCUT2D eigenvalue weighted by Gasteiger charge is 2.31. The number of phenolic OH excluding ortho intramolecular Hbond substituents is 1. The van der Waals surface area contributed by atoms with Gasteiger partial charge in [-0.1, -0.05) is 12.1 Å². The van der Waals surface area contributed by atoms with E-state index < -0.39 is 60.4 Å². The number of hydrogen-bond donors (Lipinski definition) is 9. The van der Waals surface area contributed by atoms with Gasteiger partial charge < -0.3 is 47.7 Å². The minimum atomic E-state index is -1.61. The van der Waals surface area contributed by atoms with Crippen LogP contribution in [0.15, 0.2) is 36.8 Å². The second kappa shape index (κ2) is 14.3. The zero-order valence-electron chi connectivity index (χ0n) is 20.3. The molecule has 0 saturated carbocycles. The molecule has 206 valence electrons. The Labute approximate surface area is 217 Å². The first-order valence-electron chi connectivity index (χ1n) is 11.5. The molecule has 1 aromatic carbocycles. The summed E-state index contributed by atoms with van der Waals surface area (Å²) in [5, 5.41) is 35.1. The van der Waals surface area contributed by atoms with Gasteiger partial charge in [0.15, 0.2) is 0 Å². The molecule has 1 aromatic heterocycles. The Balaban J connectivity index is 2.26. The molecular formula is C23H31N7O8. The van der Waals surface area contributed by atoms with Gasteiger partial charge >= 0.3 is 5.97 Å². The van der Waals surface area contributed by atoms with Crippen molar-refractivity contribution in [2.24, 2.45) is 11.5 Å². The Kier molecular flexibility index (Phi) is 11.2. The molecule has 0 saturated heterocycles. The van der Waals surface area contributed by atoms with E-state index in [9.17, 15) is 34.2 Å². The number of rotatable bonds is 15. The van der Waals surface area contributed by atoms with Gasteiger partial charge in [0.1, 0.15) is 23.9 Å². The summed E-state index contributed by atoms with van der Waals surface area (Å²) in [6.07, 6.45) is 2.37. The van der Waals surface area contributed by atoms with Crippen LogP contribution < -0.4 is 27.4 Å². The molecule has 2 aromatic rings. The first kappa shape index (κ1) is 29.7. The van der Waals surface area contributed by atoms with E-state index in [1.165, 1.54) is 36.8 Å². The van der Waals surface area contributed by atoms with Crippen LogP contribution in [-0.4, -0.2) is 85.7 Å². The van der Waals surface area contributed by atoms with E-state index in [1.807, 2.05) is 0 Å². The van der Waals surface area contributed by atoms with Crippen molar-refractivity contribution in [2.45, 2.75) is 49.9 Å². The number of nitrogens with two attached hydrogens (primary N) is 2. The number of hydrogen-bond acceptors (Lipinski definition) is 9. The fraction of sp³-hybridized carbons (Fsp3) is 0.391. The normalized spacial score (nSPS) is 13.9. The Morgan fingerprint density at radius 1 is 0.921 bits per heavy atom. The first-order chi connectivity index (χ1) is 18.0. The number of carboxylic acids is 1. The molecule has 4 unspecified atom stereocenters. The number of imidazole rings is 1. The number of primary amides is 1. The fourth-order valence-corrected chi connectivity index (χ4v) is 3.34. The van der Waals surface area contributed by atoms with Crippen molar-refractivity contribution in [3.05, 3.63) is 48.0 Å². The molecule has 15 heteroatoms. The molecule has 0 aliphatic carbocycles. The Bertz CT molecular complexity index is 1110. The average Bonchev–Trinajstić information content (AvgIpc) is 3.38. The molecule has 1 heterocycles. The molecule has 0 radical (unpaired) electrons. The number of nitrogens with one attached hydrogen (secondary N) is 4. The Hall–Kier alpha value is -4.50. The van der Waals surface area contributed by atoms with E-state index in [1.54, 1.807) is 0 Å². The molecule has 0 fully saturated rings. The number of nitrogens with zero attached hydrogens (tertiary/aromatic N) is 1. The van der Waals surface area contributed by atoms with Crippen molar-refractivity contribution in [3.63, 3.8) is 0 Å². The molecule has 0 bridgehead atoms. The molecule has 0 aliphatic heterocycles. The summed E-state index contributed by atoms with van der Waals surface area (Å²) in [4.78, 5) is 67.7. The van der Waals surface area contributed by atoms with E-state index in [-0.39, 0.29) is 31.4 Å².